The highest BCUT2D eigenvalue weighted by atomic mass is 16.7. The summed E-state index contributed by atoms with van der Waals surface area (Å²) in [6.07, 6.45) is 2.47. The van der Waals surface area contributed by atoms with Gasteiger partial charge in [-0.2, -0.15) is 0 Å². The molecular formula is C17H18N2O4. The van der Waals surface area contributed by atoms with Crippen LogP contribution in [0.1, 0.15) is 17.4 Å². The summed E-state index contributed by atoms with van der Waals surface area (Å²) in [5.41, 5.74) is 1.80. The molecule has 6 nitrogen and oxygen atoms in total. The van der Waals surface area contributed by atoms with Gasteiger partial charge in [-0.25, -0.2) is 4.79 Å². The Morgan fingerprint density at radius 3 is 2.65 bits per heavy atom. The molecule has 3 rings (SSSR count). The zero-order valence-corrected chi connectivity index (χ0v) is 12.6. The minimum Gasteiger partial charge on any atom is -0.445 e. The molecule has 1 fully saturated rings. The quantitative estimate of drug-likeness (QED) is 0.938. The van der Waals surface area contributed by atoms with Crippen LogP contribution in [-0.2, 0) is 20.8 Å². The molecule has 1 aromatic carbocycles. The van der Waals surface area contributed by atoms with E-state index in [0.29, 0.717) is 13.2 Å². The second kappa shape index (κ2) is 7.71. The Bertz CT molecular complexity index is 613. The molecule has 1 aliphatic heterocycles. The lowest BCUT2D eigenvalue weighted by Gasteiger charge is -2.29. The first-order valence-corrected chi connectivity index (χ1v) is 7.41. The minimum atomic E-state index is -0.481. The molecule has 1 aliphatic rings. The molecule has 23 heavy (non-hydrogen) atoms. The number of amides is 1. The summed E-state index contributed by atoms with van der Waals surface area (Å²) in [5, 5.41) is 2.73. The number of nitrogens with one attached hydrogen (secondary N) is 1. The molecule has 0 bridgehead atoms. The summed E-state index contributed by atoms with van der Waals surface area (Å²) in [4.78, 5) is 15.8. The summed E-state index contributed by atoms with van der Waals surface area (Å²) >= 11 is 0. The van der Waals surface area contributed by atoms with Crippen LogP contribution in [-0.4, -0.2) is 30.3 Å². The molecule has 0 unspecified atom stereocenters. The van der Waals surface area contributed by atoms with E-state index in [1.165, 1.54) is 0 Å². The second-order valence-electron chi connectivity index (χ2n) is 5.19. The molecule has 1 aromatic heterocycles. The smallest absolute Gasteiger partial charge is 0.407 e. The van der Waals surface area contributed by atoms with E-state index in [1.54, 1.807) is 12.4 Å². The van der Waals surface area contributed by atoms with E-state index >= 15 is 0 Å². The van der Waals surface area contributed by atoms with Crippen molar-refractivity contribution in [3.63, 3.8) is 0 Å². The van der Waals surface area contributed by atoms with E-state index in [2.05, 4.69) is 10.3 Å². The van der Waals surface area contributed by atoms with E-state index < -0.39 is 12.4 Å². The number of carbonyl (C=O) groups is 1. The van der Waals surface area contributed by atoms with Crippen molar-refractivity contribution in [1.29, 1.82) is 0 Å². The Balaban J connectivity index is 1.41. The van der Waals surface area contributed by atoms with Gasteiger partial charge >= 0.3 is 6.09 Å². The van der Waals surface area contributed by atoms with Gasteiger partial charge in [0.25, 0.3) is 0 Å². The molecule has 0 spiro atoms. The molecule has 1 N–H and O–H groups in total. The van der Waals surface area contributed by atoms with Crippen LogP contribution in [0.3, 0.4) is 0 Å². The Morgan fingerprint density at radius 1 is 1.17 bits per heavy atom. The van der Waals surface area contributed by atoms with Gasteiger partial charge < -0.3 is 19.5 Å². The molecule has 1 saturated heterocycles. The fraction of sp³-hybridized carbons (Fsp3) is 0.294. The molecule has 2 heterocycles. The first kappa shape index (κ1) is 15.5. The summed E-state index contributed by atoms with van der Waals surface area (Å²) in [6.45, 7) is 0.958. The van der Waals surface area contributed by atoms with Crippen LogP contribution in [0.5, 0.6) is 0 Å². The van der Waals surface area contributed by atoms with Gasteiger partial charge in [-0.3, -0.25) is 4.98 Å². The highest BCUT2D eigenvalue weighted by Crippen LogP contribution is 2.21. The molecule has 0 atom stereocenters. The zero-order valence-electron chi connectivity index (χ0n) is 12.6. The molecule has 6 heteroatoms. The highest BCUT2D eigenvalue weighted by molar-refractivity contribution is 5.67. The van der Waals surface area contributed by atoms with Crippen molar-refractivity contribution >= 4 is 6.09 Å². The fourth-order valence-electron chi connectivity index (χ4n) is 2.23. The number of hydrogen-bond donors (Lipinski definition) is 1. The number of nitrogens with zero attached hydrogens (tertiary/aromatic N) is 1. The molecule has 0 radical (unpaired) electrons. The third kappa shape index (κ3) is 4.51. The Hall–Kier alpha value is -2.44. The van der Waals surface area contributed by atoms with Crippen molar-refractivity contribution in [2.75, 3.05) is 13.2 Å². The van der Waals surface area contributed by atoms with Crippen molar-refractivity contribution < 1.29 is 19.0 Å². The fourth-order valence-corrected chi connectivity index (χ4v) is 2.23. The maximum absolute atomic E-state index is 11.8. The molecular weight excluding hydrogens is 296 g/mol. The number of hydrogen-bond acceptors (Lipinski definition) is 5. The number of aromatic nitrogens is 1. The average Bonchev–Trinajstić information content (AvgIpc) is 2.62. The molecule has 120 valence electrons. The molecule has 1 amide bonds. The Labute approximate surface area is 134 Å². The predicted octanol–water partition coefficient (Wildman–Crippen LogP) is 2.42. The van der Waals surface area contributed by atoms with Crippen molar-refractivity contribution in [1.82, 2.24) is 10.3 Å². The van der Waals surface area contributed by atoms with Gasteiger partial charge in [0.05, 0.1) is 19.3 Å². The zero-order chi connectivity index (χ0) is 15.9. The van der Waals surface area contributed by atoms with E-state index in [4.69, 9.17) is 14.2 Å². The summed E-state index contributed by atoms with van der Waals surface area (Å²) in [6, 6.07) is 13.0. The van der Waals surface area contributed by atoms with Gasteiger partial charge in [0.1, 0.15) is 6.61 Å². The third-order valence-electron chi connectivity index (χ3n) is 3.39. The maximum atomic E-state index is 11.8. The van der Waals surface area contributed by atoms with Crippen LogP contribution in [0.4, 0.5) is 4.79 Å². The maximum Gasteiger partial charge on any atom is 0.407 e. The summed E-state index contributed by atoms with van der Waals surface area (Å²) < 4.78 is 16.4. The average molecular weight is 314 g/mol. The monoisotopic (exact) mass is 314 g/mol. The van der Waals surface area contributed by atoms with Crippen LogP contribution >= 0.6 is 0 Å². The lowest BCUT2D eigenvalue weighted by Crippen LogP contribution is -2.45. The number of rotatable bonds is 4. The Kier molecular flexibility index (Phi) is 5.18. The summed E-state index contributed by atoms with van der Waals surface area (Å²) in [7, 11) is 0. The topological polar surface area (TPSA) is 69.7 Å². The standard InChI is InChI=1S/C17H18N2O4/c20-17(23-10-13-5-2-1-3-6-13)19-15-11-21-16(22-12-15)14-7-4-8-18-9-14/h1-9,15-16H,10-12H2,(H,19,20). The number of ether oxygens (including phenoxy) is 3. The predicted molar refractivity (Wildman–Crippen MR) is 82.4 cm³/mol. The first-order valence-electron chi connectivity index (χ1n) is 7.41. The Morgan fingerprint density at radius 2 is 1.96 bits per heavy atom. The number of pyridine rings is 1. The lowest BCUT2D eigenvalue weighted by molar-refractivity contribution is -0.193. The first-order chi connectivity index (χ1) is 11.3. The van der Waals surface area contributed by atoms with E-state index in [9.17, 15) is 4.79 Å². The molecule has 2 aromatic rings. The van der Waals surface area contributed by atoms with Crippen molar-refractivity contribution in [3.05, 3.63) is 66.0 Å². The van der Waals surface area contributed by atoms with Crippen molar-refractivity contribution in [2.24, 2.45) is 0 Å². The second-order valence-corrected chi connectivity index (χ2v) is 5.19. The molecule has 0 saturated carbocycles. The largest absolute Gasteiger partial charge is 0.445 e. The number of alkyl carbamates (subject to hydrolysis) is 1. The lowest BCUT2D eigenvalue weighted by atomic mass is 10.2. The van der Waals surface area contributed by atoms with Gasteiger partial charge in [0, 0.05) is 18.0 Å². The van der Waals surface area contributed by atoms with Gasteiger partial charge in [-0.1, -0.05) is 36.4 Å². The normalized spacial score (nSPS) is 20.7. The van der Waals surface area contributed by atoms with Crippen LogP contribution < -0.4 is 5.32 Å². The molecule has 0 aliphatic carbocycles. The van der Waals surface area contributed by atoms with Crippen LogP contribution in [0.25, 0.3) is 0 Å². The van der Waals surface area contributed by atoms with Crippen molar-refractivity contribution in [2.45, 2.75) is 18.9 Å². The van der Waals surface area contributed by atoms with E-state index in [0.717, 1.165) is 11.1 Å². The minimum absolute atomic E-state index is 0.230. The van der Waals surface area contributed by atoms with E-state index in [-0.39, 0.29) is 12.6 Å². The van der Waals surface area contributed by atoms with Crippen LogP contribution in [0.2, 0.25) is 0 Å². The van der Waals surface area contributed by atoms with E-state index in [1.807, 2.05) is 42.5 Å². The van der Waals surface area contributed by atoms with Crippen molar-refractivity contribution in [3.8, 4) is 0 Å². The highest BCUT2D eigenvalue weighted by Gasteiger charge is 2.25. The van der Waals surface area contributed by atoms with Gasteiger partial charge in [0.15, 0.2) is 6.29 Å². The third-order valence-corrected chi connectivity index (χ3v) is 3.39. The van der Waals surface area contributed by atoms with Gasteiger partial charge in [-0.05, 0) is 11.6 Å². The van der Waals surface area contributed by atoms with Gasteiger partial charge in [0.2, 0.25) is 0 Å². The number of carbonyl (C=O) groups excluding carboxylic acids is 1. The van der Waals surface area contributed by atoms with Crippen LogP contribution in [0.15, 0.2) is 54.9 Å². The van der Waals surface area contributed by atoms with Gasteiger partial charge in [-0.15, -0.1) is 0 Å². The SMILES string of the molecule is O=C(NC1COC(c2cccnc2)OC1)OCc1ccccc1. The van der Waals surface area contributed by atoms with Crippen LogP contribution in [0, 0.1) is 0 Å². The number of benzene rings is 1. The summed E-state index contributed by atoms with van der Waals surface area (Å²) in [5.74, 6) is 0.